The number of aryl methyl sites for hydroxylation is 2. The van der Waals surface area contributed by atoms with E-state index in [0.717, 1.165) is 15.7 Å². The van der Waals surface area contributed by atoms with Gasteiger partial charge in [-0.1, -0.05) is 11.6 Å². The normalized spacial score (nSPS) is 10.7. The van der Waals surface area contributed by atoms with Crippen LogP contribution in [0.5, 0.6) is 5.75 Å². The topological polar surface area (TPSA) is 53.2 Å². The molecule has 0 aliphatic rings. The molecule has 2 aromatic rings. The van der Waals surface area contributed by atoms with Crippen molar-refractivity contribution >= 4 is 11.6 Å². The monoisotopic (exact) mass is 308 g/mol. The first-order valence-corrected chi connectivity index (χ1v) is 6.84. The number of hydrogen-bond acceptors (Lipinski definition) is 3. The SMILES string of the molecule is Cc1cc(OCc2cc(=O)n(C)c(=O)n2C)cc(C)c1Cl. The zero-order valence-electron chi connectivity index (χ0n) is 12.4. The summed E-state index contributed by atoms with van der Waals surface area (Å²) in [6.45, 7) is 3.94. The van der Waals surface area contributed by atoms with Gasteiger partial charge in [-0.05, 0) is 37.1 Å². The van der Waals surface area contributed by atoms with E-state index in [1.807, 2.05) is 26.0 Å². The maximum absolute atomic E-state index is 11.8. The molecule has 0 aliphatic heterocycles. The zero-order valence-corrected chi connectivity index (χ0v) is 13.2. The molecular weight excluding hydrogens is 292 g/mol. The average Bonchev–Trinajstić information content (AvgIpc) is 2.44. The van der Waals surface area contributed by atoms with Gasteiger partial charge in [-0.15, -0.1) is 0 Å². The first-order valence-electron chi connectivity index (χ1n) is 6.46. The summed E-state index contributed by atoms with van der Waals surface area (Å²) >= 11 is 6.11. The van der Waals surface area contributed by atoms with Crippen LogP contribution in [-0.4, -0.2) is 9.13 Å². The third kappa shape index (κ3) is 3.03. The van der Waals surface area contributed by atoms with Gasteiger partial charge in [-0.3, -0.25) is 13.9 Å². The molecule has 0 aliphatic carbocycles. The zero-order chi connectivity index (χ0) is 15.7. The number of ether oxygens (including phenoxy) is 1. The van der Waals surface area contributed by atoms with Gasteiger partial charge in [0, 0.05) is 25.2 Å². The molecule has 1 aromatic heterocycles. The molecule has 5 nitrogen and oxygen atoms in total. The van der Waals surface area contributed by atoms with Crippen molar-refractivity contribution in [2.45, 2.75) is 20.5 Å². The molecule has 0 fully saturated rings. The Balaban J connectivity index is 2.29. The second-order valence-corrected chi connectivity index (χ2v) is 5.41. The molecule has 0 bridgehead atoms. The van der Waals surface area contributed by atoms with Gasteiger partial charge in [0.1, 0.15) is 12.4 Å². The maximum atomic E-state index is 11.8. The van der Waals surface area contributed by atoms with Crippen molar-refractivity contribution in [3.63, 3.8) is 0 Å². The van der Waals surface area contributed by atoms with Crippen LogP contribution in [-0.2, 0) is 20.7 Å². The minimum Gasteiger partial charge on any atom is -0.487 e. The molecule has 1 heterocycles. The minimum atomic E-state index is -0.371. The molecule has 21 heavy (non-hydrogen) atoms. The van der Waals surface area contributed by atoms with E-state index in [9.17, 15) is 9.59 Å². The molecular formula is C15H17ClN2O3. The lowest BCUT2D eigenvalue weighted by atomic mass is 10.1. The lowest BCUT2D eigenvalue weighted by molar-refractivity contribution is 0.293. The van der Waals surface area contributed by atoms with Crippen LogP contribution in [0.2, 0.25) is 5.02 Å². The highest BCUT2D eigenvalue weighted by molar-refractivity contribution is 6.32. The van der Waals surface area contributed by atoms with Crippen LogP contribution in [0, 0.1) is 13.8 Å². The van der Waals surface area contributed by atoms with E-state index >= 15 is 0 Å². The van der Waals surface area contributed by atoms with Crippen molar-refractivity contribution in [1.29, 1.82) is 0 Å². The Kier molecular flexibility index (Phi) is 4.23. The summed E-state index contributed by atoms with van der Waals surface area (Å²) < 4.78 is 8.13. The van der Waals surface area contributed by atoms with E-state index in [0.29, 0.717) is 16.5 Å². The van der Waals surface area contributed by atoms with Crippen molar-refractivity contribution < 1.29 is 4.74 Å². The van der Waals surface area contributed by atoms with Crippen molar-refractivity contribution in [3.8, 4) is 5.75 Å². The van der Waals surface area contributed by atoms with Crippen LogP contribution < -0.4 is 16.0 Å². The van der Waals surface area contributed by atoms with Gasteiger partial charge in [-0.2, -0.15) is 0 Å². The van der Waals surface area contributed by atoms with Crippen LogP contribution in [0.1, 0.15) is 16.8 Å². The number of benzene rings is 1. The third-order valence-electron chi connectivity index (χ3n) is 3.42. The fourth-order valence-corrected chi connectivity index (χ4v) is 2.17. The quantitative estimate of drug-likeness (QED) is 0.870. The Labute approximate surface area is 127 Å². The first kappa shape index (κ1) is 15.4. The summed E-state index contributed by atoms with van der Waals surface area (Å²) in [4.78, 5) is 23.5. The largest absolute Gasteiger partial charge is 0.487 e. The van der Waals surface area contributed by atoms with Gasteiger partial charge in [0.25, 0.3) is 5.56 Å². The van der Waals surface area contributed by atoms with E-state index in [1.54, 1.807) is 7.05 Å². The van der Waals surface area contributed by atoms with Gasteiger partial charge < -0.3 is 4.74 Å². The standard InChI is InChI=1S/C15H17ClN2O3/c1-9-5-12(6-10(2)14(9)16)21-8-11-7-13(19)18(4)15(20)17(11)3/h5-7H,8H2,1-4H3. The fourth-order valence-electron chi connectivity index (χ4n) is 2.06. The lowest BCUT2D eigenvalue weighted by Crippen LogP contribution is -2.38. The summed E-state index contributed by atoms with van der Waals surface area (Å²) in [5, 5.41) is 0.711. The second kappa shape index (κ2) is 5.77. The van der Waals surface area contributed by atoms with Crippen molar-refractivity contribution in [2.75, 3.05) is 0 Å². The van der Waals surface area contributed by atoms with Gasteiger partial charge in [0.15, 0.2) is 0 Å². The molecule has 112 valence electrons. The van der Waals surface area contributed by atoms with E-state index in [2.05, 4.69) is 0 Å². The van der Waals surface area contributed by atoms with E-state index in [-0.39, 0.29) is 17.9 Å². The highest BCUT2D eigenvalue weighted by Gasteiger charge is 2.08. The second-order valence-electron chi connectivity index (χ2n) is 5.03. The minimum absolute atomic E-state index is 0.141. The lowest BCUT2D eigenvalue weighted by Gasteiger charge is -2.12. The predicted octanol–water partition coefficient (Wildman–Crippen LogP) is 1.93. The van der Waals surface area contributed by atoms with Crippen LogP contribution in [0.15, 0.2) is 27.8 Å². The van der Waals surface area contributed by atoms with Gasteiger partial charge in [-0.25, -0.2) is 4.79 Å². The van der Waals surface area contributed by atoms with Gasteiger partial charge in [0.2, 0.25) is 0 Å². The highest BCUT2D eigenvalue weighted by Crippen LogP contribution is 2.26. The predicted molar refractivity (Wildman–Crippen MR) is 82.2 cm³/mol. The average molecular weight is 309 g/mol. The van der Waals surface area contributed by atoms with Crippen LogP contribution in [0.25, 0.3) is 0 Å². The number of rotatable bonds is 3. The molecule has 0 saturated carbocycles. The van der Waals surface area contributed by atoms with Gasteiger partial charge >= 0.3 is 5.69 Å². The molecule has 2 rings (SSSR count). The molecule has 1 aromatic carbocycles. The molecule has 0 atom stereocenters. The fraction of sp³-hybridized carbons (Fsp3) is 0.333. The molecule has 6 heteroatoms. The van der Waals surface area contributed by atoms with E-state index in [1.165, 1.54) is 17.7 Å². The van der Waals surface area contributed by atoms with Crippen LogP contribution in [0.4, 0.5) is 0 Å². The first-order chi connectivity index (χ1) is 9.81. The third-order valence-corrected chi connectivity index (χ3v) is 4.02. The number of nitrogens with zero attached hydrogens (tertiary/aromatic N) is 2. The summed E-state index contributed by atoms with van der Waals surface area (Å²) in [6.07, 6.45) is 0. The number of aromatic nitrogens is 2. The smallest absolute Gasteiger partial charge is 0.330 e. The Morgan fingerprint density at radius 1 is 1.05 bits per heavy atom. The number of hydrogen-bond donors (Lipinski definition) is 0. The van der Waals surface area contributed by atoms with Crippen molar-refractivity contribution in [3.05, 3.63) is 60.9 Å². The van der Waals surface area contributed by atoms with Crippen LogP contribution >= 0.6 is 11.6 Å². The van der Waals surface area contributed by atoms with Gasteiger partial charge in [0.05, 0.1) is 5.69 Å². The summed E-state index contributed by atoms with van der Waals surface area (Å²) in [5.74, 6) is 0.655. The Bertz CT molecular complexity index is 783. The summed E-state index contributed by atoms with van der Waals surface area (Å²) in [5.41, 5.74) is 1.65. The number of halogens is 1. The molecule has 0 N–H and O–H groups in total. The summed E-state index contributed by atoms with van der Waals surface area (Å²) in [6, 6.07) is 5.06. The molecule has 0 saturated heterocycles. The Morgan fingerprint density at radius 3 is 2.19 bits per heavy atom. The molecule has 0 unspecified atom stereocenters. The van der Waals surface area contributed by atoms with Crippen molar-refractivity contribution in [1.82, 2.24) is 9.13 Å². The van der Waals surface area contributed by atoms with E-state index < -0.39 is 0 Å². The van der Waals surface area contributed by atoms with Crippen LogP contribution in [0.3, 0.4) is 0 Å². The summed E-state index contributed by atoms with van der Waals surface area (Å²) in [7, 11) is 3.06. The molecule has 0 amide bonds. The Morgan fingerprint density at radius 2 is 1.62 bits per heavy atom. The van der Waals surface area contributed by atoms with E-state index in [4.69, 9.17) is 16.3 Å². The molecule has 0 radical (unpaired) electrons. The highest BCUT2D eigenvalue weighted by atomic mass is 35.5. The molecule has 0 spiro atoms. The van der Waals surface area contributed by atoms with Crippen molar-refractivity contribution in [2.24, 2.45) is 14.1 Å². The Hall–Kier alpha value is -2.01. The maximum Gasteiger partial charge on any atom is 0.330 e.